The molecule has 1 aliphatic rings. The number of rotatable bonds is 9. The summed E-state index contributed by atoms with van der Waals surface area (Å²) in [6.07, 6.45) is 1.62. The number of hydrogen-bond donors (Lipinski definition) is 1. The van der Waals surface area contributed by atoms with E-state index >= 15 is 0 Å². The highest BCUT2D eigenvalue weighted by Crippen LogP contribution is 2.13. The number of aryl methyl sites for hydroxylation is 1. The Balaban J connectivity index is 1.26. The summed E-state index contributed by atoms with van der Waals surface area (Å²) in [6.45, 7) is 6.25. The highest BCUT2D eigenvalue weighted by molar-refractivity contribution is 5.91. The molecule has 0 bridgehead atoms. The first-order valence-corrected chi connectivity index (χ1v) is 11.1. The van der Waals surface area contributed by atoms with Gasteiger partial charge in [-0.05, 0) is 24.6 Å². The van der Waals surface area contributed by atoms with Crippen molar-refractivity contribution in [3.63, 3.8) is 0 Å². The Labute approximate surface area is 192 Å². The van der Waals surface area contributed by atoms with E-state index in [-0.39, 0.29) is 18.4 Å². The average Bonchev–Trinajstić information content (AvgIpc) is 3.47. The van der Waals surface area contributed by atoms with E-state index in [0.717, 1.165) is 37.5 Å². The minimum absolute atomic E-state index is 0.0582. The SMILES string of the molecule is Cc1cc(NC(=O)CN2CCN(CC(=O)N(Cc3ccccc3)Cc3ccco3)CC2)no1. The van der Waals surface area contributed by atoms with Crippen LogP contribution in [0, 0.1) is 6.92 Å². The lowest BCUT2D eigenvalue weighted by Gasteiger charge is -2.35. The Kier molecular flexibility index (Phi) is 7.54. The fraction of sp³-hybridized carbons (Fsp3) is 0.375. The van der Waals surface area contributed by atoms with Crippen LogP contribution < -0.4 is 5.32 Å². The van der Waals surface area contributed by atoms with Crippen molar-refractivity contribution in [2.24, 2.45) is 0 Å². The molecular weight excluding hydrogens is 422 g/mol. The fourth-order valence-electron chi connectivity index (χ4n) is 3.83. The number of hydrogen-bond acceptors (Lipinski definition) is 7. The maximum atomic E-state index is 13.2. The molecule has 33 heavy (non-hydrogen) atoms. The van der Waals surface area contributed by atoms with E-state index in [0.29, 0.717) is 31.2 Å². The summed E-state index contributed by atoms with van der Waals surface area (Å²) in [5.41, 5.74) is 1.08. The van der Waals surface area contributed by atoms with Gasteiger partial charge >= 0.3 is 0 Å². The summed E-state index contributed by atoms with van der Waals surface area (Å²) in [7, 11) is 0. The van der Waals surface area contributed by atoms with Crippen LogP contribution in [-0.2, 0) is 22.7 Å². The quantitative estimate of drug-likeness (QED) is 0.534. The molecule has 0 unspecified atom stereocenters. The monoisotopic (exact) mass is 451 g/mol. The summed E-state index contributed by atoms with van der Waals surface area (Å²) >= 11 is 0. The van der Waals surface area contributed by atoms with Gasteiger partial charge in [-0.1, -0.05) is 35.5 Å². The first-order valence-electron chi connectivity index (χ1n) is 11.1. The van der Waals surface area contributed by atoms with E-state index in [1.807, 2.05) is 47.4 Å². The van der Waals surface area contributed by atoms with E-state index in [1.165, 1.54) is 0 Å². The van der Waals surface area contributed by atoms with E-state index in [2.05, 4.69) is 20.3 Å². The molecule has 4 rings (SSSR count). The molecular formula is C24H29N5O4. The molecule has 9 nitrogen and oxygen atoms in total. The molecule has 0 radical (unpaired) electrons. The molecule has 0 atom stereocenters. The largest absolute Gasteiger partial charge is 0.467 e. The van der Waals surface area contributed by atoms with Crippen molar-refractivity contribution in [1.82, 2.24) is 19.9 Å². The van der Waals surface area contributed by atoms with Crippen LogP contribution in [0.4, 0.5) is 5.82 Å². The van der Waals surface area contributed by atoms with Gasteiger partial charge in [-0.15, -0.1) is 0 Å². The van der Waals surface area contributed by atoms with Crippen molar-refractivity contribution < 1.29 is 18.5 Å². The maximum Gasteiger partial charge on any atom is 0.239 e. The molecule has 1 aliphatic heterocycles. The molecule has 1 N–H and O–H groups in total. The molecule has 174 valence electrons. The molecule has 0 aliphatic carbocycles. The van der Waals surface area contributed by atoms with E-state index in [1.54, 1.807) is 19.3 Å². The minimum Gasteiger partial charge on any atom is -0.467 e. The topological polar surface area (TPSA) is 95.1 Å². The van der Waals surface area contributed by atoms with Crippen molar-refractivity contribution in [2.45, 2.75) is 20.0 Å². The Bertz CT molecular complexity index is 1030. The van der Waals surface area contributed by atoms with Gasteiger partial charge in [0.05, 0.1) is 25.9 Å². The number of nitrogens with one attached hydrogen (secondary N) is 1. The Hall–Kier alpha value is -3.43. The number of amides is 2. The normalized spacial score (nSPS) is 14.8. The zero-order valence-corrected chi connectivity index (χ0v) is 18.8. The highest BCUT2D eigenvalue weighted by atomic mass is 16.5. The molecule has 1 aromatic carbocycles. The van der Waals surface area contributed by atoms with Crippen molar-refractivity contribution in [3.05, 3.63) is 71.9 Å². The lowest BCUT2D eigenvalue weighted by atomic mass is 10.2. The van der Waals surface area contributed by atoms with Gasteiger partial charge in [0.25, 0.3) is 0 Å². The first kappa shape index (κ1) is 22.8. The summed E-state index contributed by atoms with van der Waals surface area (Å²) in [5, 5.41) is 6.53. The van der Waals surface area contributed by atoms with Gasteiger partial charge in [0.1, 0.15) is 11.5 Å². The number of carbonyl (C=O) groups excluding carboxylic acids is 2. The van der Waals surface area contributed by atoms with Crippen LogP contribution in [0.15, 0.2) is 63.7 Å². The van der Waals surface area contributed by atoms with Crippen molar-refractivity contribution in [2.75, 3.05) is 44.6 Å². The Morgan fingerprint density at radius 2 is 1.73 bits per heavy atom. The van der Waals surface area contributed by atoms with Crippen LogP contribution in [0.1, 0.15) is 17.1 Å². The lowest BCUT2D eigenvalue weighted by Crippen LogP contribution is -2.51. The summed E-state index contributed by atoms with van der Waals surface area (Å²) < 4.78 is 10.4. The molecule has 0 saturated carbocycles. The fourth-order valence-corrected chi connectivity index (χ4v) is 3.83. The zero-order valence-electron chi connectivity index (χ0n) is 18.8. The zero-order chi connectivity index (χ0) is 23.0. The maximum absolute atomic E-state index is 13.2. The van der Waals surface area contributed by atoms with Crippen LogP contribution in [0.25, 0.3) is 0 Å². The van der Waals surface area contributed by atoms with Crippen LogP contribution in [0.3, 0.4) is 0 Å². The van der Waals surface area contributed by atoms with Crippen LogP contribution in [0.5, 0.6) is 0 Å². The Morgan fingerprint density at radius 3 is 2.36 bits per heavy atom. The van der Waals surface area contributed by atoms with Crippen molar-refractivity contribution >= 4 is 17.6 Å². The van der Waals surface area contributed by atoms with Gasteiger partial charge in [-0.2, -0.15) is 0 Å². The van der Waals surface area contributed by atoms with Gasteiger partial charge in [0.15, 0.2) is 5.82 Å². The molecule has 3 heterocycles. The van der Waals surface area contributed by atoms with Crippen LogP contribution in [-0.4, -0.2) is 70.9 Å². The predicted octanol–water partition coefficient (Wildman–Crippen LogP) is 2.36. The Morgan fingerprint density at radius 1 is 1.00 bits per heavy atom. The third-order valence-corrected chi connectivity index (χ3v) is 5.58. The third kappa shape index (κ3) is 6.77. The number of anilines is 1. The highest BCUT2D eigenvalue weighted by Gasteiger charge is 2.24. The molecule has 2 aromatic heterocycles. The average molecular weight is 452 g/mol. The molecule has 0 spiro atoms. The van der Waals surface area contributed by atoms with Gasteiger partial charge < -0.3 is 19.2 Å². The predicted molar refractivity (Wildman–Crippen MR) is 122 cm³/mol. The van der Waals surface area contributed by atoms with Gasteiger partial charge in [-0.3, -0.25) is 19.4 Å². The smallest absolute Gasteiger partial charge is 0.239 e. The second-order valence-corrected chi connectivity index (χ2v) is 8.24. The molecule has 1 fully saturated rings. The van der Waals surface area contributed by atoms with Crippen LogP contribution in [0.2, 0.25) is 0 Å². The minimum atomic E-state index is -0.125. The third-order valence-electron chi connectivity index (χ3n) is 5.58. The second-order valence-electron chi connectivity index (χ2n) is 8.24. The van der Waals surface area contributed by atoms with Gasteiger partial charge in [0.2, 0.25) is 11.8 Å². The summed E-state index contributed by atoms with van der Waals surface area (Å²) in [4.78, 5) is 31.4. The number of furan rings is 1. The lowest BCUT2D eigenvalue weighted by molar-refractivity contribution is -0.134. The van der Waals surface area contributed by atoms with E-state index in [4.69, 9.17) is 8.94 Å². The van der Waals surface area contributed by atoms with Gasteiger partial charge in [0, 0.05) is 38.8 Å². The standard InChI is InChI=1S/C24H29N5O4/c1-19-14-22(26-33-19)25-23(30)17-27-9-11-28(12-10-27)18-24(31)29(16-21-8-5-13-32-21)15-20-6-3-2-4-7-20/h2-8,13-14H,9-12,15-18H2,1H3,(H,25,26,30). The molecule has 2 amide bonds. The van der Waals surface area contributed by atoms with E-state index < -0.39 is 0 Å². The first-order chi connectivity index (χ1) is 16.0. The summed E-state index contributed by atoms with van der Waals surface area (Å²) in [5.74, 6) is 1.77. The number of nitrogens with zero attached hydrogens (tertiary/aromatic N) is 4. The van der Waals surface area contributed by atoms with Crippen LogP contribution >= 0.6 is 0 Å². The number of benzene rings is 1. The van der Waals surface area contributed by atoms with Gasteiger partial charge in [-0.25, -0.2) is 0 Å². The second kappa shape index (κ2) is 10.9. The number of aromatic nitrogens is 1. The molecule has 9 heteroatoms. The van der Waals surface area contributed by atoms with E-state index in [9.17, 15) is 9.59 Å². The van der Waals surface area contributed by atoms with Crippen molar-refractivity contribution in [1.29, 1.82) is 0 Å². The molecule has 1 saturated heterocycles. The number of carbonyl (C=O) groups is 2. The number of piperazine rings is 1. The molecule has 3 aromatic rings. The van der Waals surface area contributed by atoms with Crippen molar-refractivity contribution in [3.8, 4) is 0 Å². The summed E-state index contributed by atoms with van der Waals surface area (Å²) in [6, 6.07) is 15.4.